The molecule has 26 heavy (non-hydrogen) atoms. The molecule has 3 aromatic heterocycles. The molecule has 0 unspecified atom stereocenters. The second kappa shape index (κ2) is 6.23. The Bertz CT molecular complexity index is 1180. The number of sulfone groups is 1. The maximum Gasteiger partial charge on any atom is 0.227 e. The van der Waals surface area contributed by atoms with Crippen molar-refractivity contribution >= 4 is 32.5 Å². The first-order valence-electron chi connectivity index (χ1n) is 7.83. The zero-order chi connectivity index (χ0) is 18.1. The first-order valence-corrected chi connectivity index (χ1v) is 9.72. The molecule has 0 bridgehead atoms. The van der Waals surface area contributed by atoms with Crippen LogP contribution in [0, 0.1) is 0 Å². The van der Waals surface area contributed by atoms with E-state index in [0.29, 0.717) is 11.6 Å². The van der Waals surface area contributed by atoms with Gasteiger partial charge in [0.2, 0.25) is 5.95 Å². The number of nitrogens with zero attached hydrogens (tertiary/aromatic N) is 3. The Labute approximate surface area is 150 Å². The number of pyridine rings is 1. The van der Waals surface area contributed by atoms with Gasteiger partial charge in [-0.1, -0.05) is 0 Å². The lowest BCUT2D eigenvalue weighted by molar-refractivity contribution is 0.602. The van der Waals surface area contributed by atoms with Gasteiger partial charge in [-0.15, -0.1) is 0 Å². The van der Waals surface area contributed by atoms with Crippen LogP contribution in [0.2, 0.25) is 0 Å². The van der Waals surface area contributed by atoms with Crippen molar-refractivity contribution in [2.75, 3.05) is 11.6 Å². The molecule has 0 saturated carbocycles. The van der Waals surface area contributed by atoms with E-state index in [9.17, 15) is 8.42 Å². The summed E-state index contributed by atoms with van der Waals surface area (Å²) in [6.45, 7) is 0. The summed E-state index contributed by atoms with van der Waals surface area (Å²) >= 11 is 0. The third-order valence-corrected chi connectivity index (χ3v) is 5.06. The smallest absolute Gasteiger partial charge is 0.227 e. The lowest BCUT2D eigenvalue weighted by atomic mass is 10.1. The second-order valence-electron chi connectivity index (χ2n) is 5.79. The van der Waals surface area contributed by atoms with Gasteiger partial charge >= 0.3 is 0 Å². The number of hydrogen-bond donors (Lipinski definition) is 2. The number of aromatic amines is 1. The van der Waals surface area contributed by atoms with E-state index in [1.807, 2.05) is 24.4 Å². The van der Waals surface area contributed by atoms with E-state index < -0.39 is 9.84 Å². The van der Waals surface area contributed by atoms with E-state index in [1.165, 1.54) is 6.26 Å². The van der Waals surface area contributed by atoms with Crippen molar-refractivity contribution < 1.29 is 8.42 Å². The lowest BCUT2D eigenvalue weighted by Crippen LogP contribution is -2.00. The maximum absolute atomic E-state index is 11.5. The fourth-order valence-electron chi connectivity index (χ4n) is 2.67. The van der Waals surface area contributed by atoms with Crippen molar-refractivity contribution in [2.45, 2.75) is 4.90 Å². The third kappa shape index (κ3) is 3.14. The molecule has 0 aliphatic rings. The molecule has 0 radical (unpaired) electrons. The fourth-order valence-corrected chi connectivity index (χ4v) is 3.30. The Morgan fingerprint density at radius 2 is 1.73 bits per heavy atom. The van der Waals surface area contributed by atoms with Gasteiger partial charge in [0.1, 0.15) is 5.65 Å². The Morgan fingerprint density at radius 3 is 2.50 bits per heavy atom. The van der Waals surface area contributed by atoms with Crippen LogP contribution in [-0.2, 0) is 9.84 Å². The number of benzene rings is 1. The quantitative estimate of drug-likeness (QED) is 0.576. The second-order valence-corrected chi connectivity index (χ2v) is 7.80. The van der Waals surface area contributed by atoms with Crippen molar-refractivity contribution in [3.05, 3.63) is 61.1 Å². The fraction of sp³-hybridized carbons (Fsp3) is 0.0556. The summed E-state index contributed by atoms with van der Waals surface area (Å²) in [7, 11) is -3.22. The standard InChI is InChI=1S/C18H15N5O2S/c1-26(24,25)13-4-2-12(3-5-13)22-18-21-11-8-16(23-18)14-6-9-19-17-15(14)7-10-20-17/h2-11H,1H3,(H,19,20)(H,21,22,23). The predicted octanol–water partition coefficient (Wildman–Crippen LogP) is 3.17. The van der Waals surface area contributed by atoms with Crippen molar-refractivity contribution in [1.29, 1.82) is 0 Å². The Morgan fingerprint density at radius 1 is 0.962 bits per heavy atom. The molecule has 0 atom stereocenters. The number of rotatable bonds is 4. The van der Waals surface area contributed by atoms with E-state index in [-0.39, 0.29) is 4.90 Å². The highest BCUT2D eigenvalue weighted by molar-refractivity contribution is 7.90. The van der Waals surface area contributed by atoms with Gasteiger partial charge in [-0.2, -0.15) is 0 Å². The maximum atomic E-state index is 11.5. The largest absolute Gasteiger partial charge is 0.346 e. The molecule has 0 aliphatic heterocycles. The van der Waals surface area contributed by atoms with Crippen molar-refractivity contribution in [1.82, 2.24) is 19.9 Å². The number of nitrogens with one attached hydrogen (secondary N) is 2. The van der Waals surface area contributed by atoms with Crippen LogP contribution in [0.25, 0.3) is 22.3 Å². The van der Waals surface area contributed by atoms with Crippen molar-refractivity contribution in [2.24, 2.45) is 0 Å². The van der Waals surface area contributed by atoms with E-state index >= 15 is 0 Å². The first-order chi connectivity index (χ1) is 12.5. The predicted molar refractivity (Wildman–Crippen MR) is 100.0 cm³/mol. The molecular formula is C18H15N5O2S. The van der Waals surface area contributed by atoms with Gasteiger partial charge in [0.25, 0.3) is 0 Å². The van der Waals surface area contributed by atoms with Crippen LogP contribution < -0.4 is 5.32 Å². The average molecular weight is 365 g/mol. The molecule has 4 aromatic rings. The molecule has 4 rings (SSSR count). The van der Waals surface area contributed by atoms with Crippen LogP contribution in [0.3, 0.4) is 0 Å². The zero-order valence-electron chi connectivity index (χ0n) is 13.8. The average Bonchev–Trinajstić information content (AvgIpc) is 3.10. The number of fused-ring (bicyclic) bond motifs is 1. The van der Waals surface area contributed by atoms with Gasteiger partial charge in [-0.05, 0) is 42.5 Å². The summed E-state index contributed by atoms with van der Waals surface area (Å²) in [5.74, 6) is 0.426. The van der Waals surface area contributed by atoms with E-state index in [2.05, 4.69) is 25.3 Å². The summed E-state index contributed by atoms with van der Waals surface area (Å²) in [5, 5.41) is 4.08. The minimum atomic E-state index is -3.22. The summed E-state index contributed by atoms with van der Waals surface area (Å²) in [6, 6.07) is 12.2. The SMILES string of the molecule is CS(=O)(=O)c1ccc(Nc2nccc(-c3ccnc4[nH]ccc34)n2)cc1. The van der Waals surface area contributed by atoms with Gasteiger partial charge in [0.15, 0.2) is 9.84 Å². The van der Waals surface area contributed by atoms with Crippen LogP contribution in [-0.4, -0.2) is 34.6 Å². The first kappa shape index (κ1) is 16.2. The molecule has 0 amide bonds. The van der Waals surface area contributed by atoms with Crippen LogP contribution in [0.4, 0.5) is 11.6 Å². The molecule has 0 fully saturated rings. The highest BCUT2D eigenvalue weighted by Crippen LogP contribution is 2.26. The molecule has 0 saturated heterocycles. The van der Waals surface area contributed by atoms with E-state index in [4.69, 9.17) is 0 Å². The van der Waals surface area contributed by atoms with Gasteiger partial charge < -0.3 is 10.3 Å². The summed E-state index contributed by atoms with van der Waals surface area (Å²) in [6.07, 6.45) is 6.42. The molecule has 8 heteroatoms. The number of anilines is 2. The highest BCUT2D eigenvalue weighted by atomic mass is 32.2. The van der Waals surface area contributed by atoms with Gasteiger partial charge in [0.05, 0.1) is 10.6 Å². The molecule has 0 spiro atoms. The Balaban J connectivity index is 1.65. The number of H-pyrrole nitrogens is 1. The molecule has 130 valence electrons. The normalized spacial score (nSPS) is 11.6. The zero-order valence-corrected chi connectivity index (χ0v) is 14.7. The van der Waals surface area contributed by atoms with E-state index in [0.717, 1.165) is 22.3 Å². The Kier molecular flexibility index (Phi) is 3.89. The highest BCUT2D eigenvalue weighted by Gasteiger charge is 2.09. The number of aromatic nitrogens is 4. The molecule has 0 aliphatic carbocycles. The van der Waals surface area contributed by atoms with Crippen molar-refractivity contribution in [3.63, 3.8) is 0 Å². The van der Waals surface area contributed by atoms with Crippen molar-refractivity contribution in [3.8, 4) is 11.3 Å². The van der Waals surface area contributed by atoms with Crippen LogP contribution in [0.1, 0.15) is 0 Å². The summed E-state index contributed by atoms with van der Waals surface area (Å²) in [5.41, 5.74) is 3.22. The lowest BCUT2D eigenvalue weighted by Gasteiger charge is -2.08. The van der Waals surface area contributed by atoms with Gasteiger partial charge in [-0.3, -0.25) is 0 Å². The molecular weight excluding hydrogens is 350 g/mol. The minimum Gasteiger partial charge on any atom is -0.346 e. The Hall–Kier alpha value is -3.26. The van der Waals surface area contributed by atoms with Crippen LogP contribution >= 0.6 is 0 Å². The monoisotopic (exact) mass is 365 g/mol. The summed E-state index contributed by atoms with van der Waals surface area (Å²) in [4.78, 5) is 16.4. The van der Waals surface area contributed by atoms with Gasteiger partial charge in [0, 0.05) is 41.5 Å². The molecule has 2 N–H and O–H groups in total. The molecule has 3 heterocycles. The third-order valence-electron chi connectivity index (χ3n) is 3.93. The topological polar surface area (TPSA) is 101 Å². The van der Waals surface area contributed by atoms with E-state index in [1.54, 1.807) is 36.7 Å². The molecule has 7 nitrogen and oxygen atoms in total. The number of hydrogen-bond acceptors (Lipinski definition) is 6. The minimum absolute atomic E-state index is 0.268. The summed E-state index contributed by atoms with van der Waals surface area (Å²) < 4.78 is 23.1. The molecule has 1 aromatic carbocycles. The van der Waals surface area contributed by atoms with Crippen LogP contribution in [0.5, 0.6) is 0 Å². The van der Waals surface area contributed by atoms with Crippen LogP contribution in [0.15, 0.2) is 66.0 Å². The van der Waals surface area contributed by atoms with Gasteiger partial charge in [-0.25, -0.2) is 23.4 Å².